The number of hydrogen-bond acceptors (Lipinski definition) is 3. The number of hydrogen-bond donors (Lipinski definition) is 0. The first kappa shape index (κ1) is 18.5. The molecule has 4 nitrogen and oxygen atoms in total. The summed E-state index contributed by atoms with van der Waals surface area (Å²) in [6, 6.07) is 20.3. The number of aryl methyl sites for hydroxylation is 1. The molecule has 140 valence electrons. The molecule has 3 aromatic rings. The first-order valence-electron chi connectivity index (χ1n) is 8.61. The number of Topliss-reactive ketones (excluding diaryl/α,β-unsaturated/α-hetero) is 1. The van der Waals surface area contributed by atoms with Crippen LogP contribution in [0, 0.1) is 6.92 Å². The van der Waals surface area contributed by atoms with Gasteiger partial charge in [0.15, 0.2) is 0 Å². The lowest BCUT2D eigenvalue weighted by Gasteiger charge is -2.21. The Labute approximate surface area is 168 Å². The molecule has 6 heteroatoms. The van der Waals surface area contributed by atoms with Gasteiger partial charge in [0.1, 0.15) is 5.70 Å². The van der Waals surface area contributed by atoms with Gasteiger partial charge in [-0.1, -0.05) is 59.6 Å². The van der Waals surface area contributed by atoms with Crippen molar-refractivity contribution in [2.75, 3.05) is 4.31 Å². The van der Waals surface area contributed by atoms with E-state index in [2.05, 4.69) is 0 Å². The number of nitrogens with zero attached hydrogens (tertiary/aromatic N) is 1. The normalized spacial score (nSPS) is 15.1. The van der Waals surface area contributed by atoms with Crippen LogP contribution in [0.4, 0.5) is 5.69 Å². The van der Waals surface area contributed by atoms with Crippen molar-refractivity contribution in [1.29, 1.82) is 0 Å². The van der Waals surface area contributed by atoms with Crippen molar-refractivity contribution in [3.05, 3.63) is 100 Å². The van der Waals surface area contributed by atoms with Gasteiger partial charge in [0.05, 0.1) is 10.6 Å². The number of fused-ring (bicyclic) bond motifs is 1. The topological polar surface area (TPSA) is 54.5 Å². The second-order valence-electron chi connectivity index (χ2n) is 6.51. The Bertz CT molecular complexity index is 1200. The van der Waals surface area contributed by atoms with Crippen LogP contribution in [0.5, 0.6) is 0 Å². The van der Waals surface area contributed by atoms with Gasteiger partial charge in [-0.2, -0.15) is 0 Å². The van der Waals surface area contributed by atoms with Crippen molar-refractivity contribution in [2.24, 2.45) is 0 Å². The molecule has 0 saturated carbocycles. The van der Waals surface area contributed by atoms with Gasteiger partial charge in [0.25, 0.3) is 10.0 Å². The minimum absolute atomic E-state index is 0.0732. The lowest BCUT2D eigenvalue weighted by molar-refractivity contribution is 0.104. The molecule has 0 aromatic heterocycles. The SMILES string of the molecule is Cc1ccc(S(=O)(=O)N2/C(=C/c3ccccc3)C(=O)c3ccc(Cl)cc32)cc1. The molecule has 1 heterocycles. The summed E-state index contributed by atoms with van der Waals surface area (Å²) < 4.78 is 28.0. The fourth-order valence-corrected chi connectivity index (χ4v) is 4.79. The van der Waals surface area contributed by atoms with Crippen molar-refractivity contribution in [3.8, 4) is 0 Å². The number of rotatable bonds is 3. The lowest BCUT2D eigenvalue weighted by Crippen LogP contribution is -2.28. The van der Waals surface area contributed by atoms with Crippen LogP contribution in [-0.2, 0) is 10.0 Å². The van der Waals surface area contributed by atoms with Crippen LogP contribution in [0.2, 0.25) is 5.02 Å². The molecule has 28 heavy (non-hydrogen) atoms. The highest BCUT2D eigenvalue weighted by molar-refractivity contribution is 7.93. The summed E-state index contributed by atoms with van der Waals surface area (Å²) in [5.74, 6) is -0.355. The van der Waals surface area contributed by atoms with Crippen LogP contribution in [0.25, 0.3) is 6.08 Å². The largest absolute Gasteiger partial charge is 0.287 e. The summed E-state index contributed by atoms with van der Waals surface area (Å²) in [7, 11) is -4.00. The molecule has 0 amide bonds. The van der Waals surface area contributed by atoms with Crippen molar-refractivity contribution < 1.29 is 13.2 Å². The Morgan fingerprint density at radius 2 is 1.61 bits per heavy atom. The summed E-state index contributed by atoms with van der Waals surface area (Å²) in [5, 5.41) is 0.358. The van der Waals surface area contributed by atoms with Gasteiger partial charge in [0.2, 0.25) is 5.78 Å². The molecule has 0 unspecified atom stereocenters. The van der Waals surface area contributed by atoms with Gasteiger partial charge in [-0.25, -0.2) is 12.7 Å². The Morgan fingerprint density at radius 3 is 2.29 bits per heavy atom. The van der Waals surface area contributed by atoms with Gasteiger partial charge < -0.3 is 0 Å². The van der Waals surface area contributed by atoms with E-state index in [1.807, 2.05) is 37.3 Å². The minimum Gasteiger partial charge on any atom is -0.287 e. The average Bonchev–Trinajstić information content (AvgIpc) is 2.94. The lowest BCUT2D eigenvalue weighted by atomic mass is 10.1. The number of halogens is 1. The molecule has 3 aromatic carbocycles. The first-order chi connectivity index (χ1) is 13.4. The third-order valence-electron chi connectivity index (χ3n) is 4.54. The molecule has 0 N–H and O–H groups in total. The number of anilines is 1. The highest BCUT2D eigenvalue weighted by Crippen LogP contribution is 2.41. The maximum atomic E-state index is 13.5. The van der Waals surface area contributed by atoms with E-state index in [9.17, 15) is 13.2 Å². The van der Waals surface area contributed by atoms with E-state index in [0.29, 0.717) is 10.6 Å². The fourth-order valence-electron chi connectivity index (χ4n) is 3.13. The van der Waals surface area contributed by atoms with Crippen LogP contribution < -0.4 is 4.31 Å². The third-order valence-corrected chi connectivity index (χ3v) is 6.51. The molecule has 0 fully saturated rings. The van der Waals surface area contributed by atoms with Gasteiger partial charge in [0, 0.05) is 10.6 Å². The predicted octanol–water partition coefficient (Wildman–Crippen LogP) is 5.08. The molecule has 0 aliphatic carbocycles. The standard InChI is InChI=1S/C22H16ClNO3S/c1-15-7-10-18(11-8-15)28(26,27)24-20-14-17(23)9-12-19(20)22(25)21(24)13-16-5-3-2-4-6-16/h2-14H,1H3/b21-13+. The second kappa shape index (κ2) is 6.93. The fraction of sp³-hybridized carbons (Fsp3) is 0.0455. The van der Waals surface area contributed by atoms with Crippen LogP contribution in [-0.4, -0.2) is 14.2 Å². The zero-order valence-corrected chi connectivity index (χ0v) is 16.5. The molecule has 1 aliphatic heterocycles. The maximum Gasteiger partial charge on any atom is 0.268 e. The van der Waals surface area contributed by atoms with E-state index in [1.165, 1.54) is 18.2 Å². The van der Waals surface area contributed by atoms with Gasteiger partial charge in [-0.15, -0.1) is 0 Å². The van der Waals surface area contributed by atoms with Gasteiger partial charge in [-0.05, 0) is 48.9 Å². The first-order valence-corrected chi connectivity index (χ1v) is 10.4. The summed E-state index contributed by atoms with van der Waals surface area (Å²) >= 11 is 6.11. The number of sulfonamides is 1. The predicted molar refractivity (Wildman–Crippen MR) is 111 cm³/mol. The summed E-state index contributed by atoms with van der Waals surface area (Å²) in [4.78, 5) is 13.1. The van der Waals surface area contributed by atoms with E-state index in [4.69, 9.17) is 11.6 Å². The van der Waals surface area contributed by atoms with Crippen molar-refractivity contribution >= 4 is 39.2 Å². The zero-order chi connectivity index (χ0) is 19.9. The molecule has 1 aliphatic rings. The molecule has 0 bridgehead atoms. The minimum atomic E-state index is -4.00. The molecule has 0 spiro atoms. The summed E-state index contributed by atoms with van der Waals surface area (Å²) in [6.45, 7) is 1.88. The van der Waals surface area contributed by atoms with Crippen molar-refractivity contribution in [3.63, 3.8) is 0 Å². The maximum absolute atomic E-state index is 13.5. The molecule has 4 rings (SSSR count). The third kappa shape index (κ3) is 3.13. The highest BCUT2D eigenvalue weighted by Gasteiger charge is 2.40. The Kier molecular flexibility index (Phi) is 4.57. The monoisotopic (exact) mass is 409 g/mol. The highest BCUT2D eigenvalue weighted by atomic mass is 35.5. The average molecular weight is 410 g/mol. The van der Waals surface area contributed by atoms with Gasteiger partial charge in [-0.3, -0.25) is 4.79 Å². The van der Waals surface area contributed by atoms with E-state index in [1.54, 1.807) is 30.3 Å². The van der Waals surface area contributed by atoms with E-state index in [0.717, 1.165) is 15.4 Å². The Morgan fingerprint density at radius 1 is 0.929 bits per heavy atom. The molecule has 0 saturated heterocycles. The van der Waals surface area contributed by atoms with E-state index < -0.39 is 10.0 Å². The van der Waals surface area contributed by atoms with Crippen molar-refractivity contribution in [2.45, 2.75) is 11.8 Å². The quantitative estimate of drug-likeness (QED) is 0.567. The Hall–Kier alpha value is -2.89. The number of carbonyl (C=O) groups is 1. The van der Waals surface area contributed by atoms with Crippen molar-refractivity contribution in [1.82, 2.24) is 0 Å². The molecule has 0 radical (unpaired) electrons. The van der Waals surface area contributed by atoms with E-state index >= 15 is 0 Å². The van der Waals surface area contributed by atoms with Crippen LogP contribution in [0.1, 0.15) is 21.5 Å². The summed E-state index contributed by atoms with van der Waals surface area (Å²) in [5.41, 5.74) is 2.32. The molecular weight excluding hydrogens is 394 g/mol. The van der Waals surface area contributed by atoms with E-state index in [-0.39, 0.29) is 22.1 Å². The van der Waals surface area contributed by atoms with Crippen LogP contribution >= 0.6 is 11.6 Å². The van der Waals surface area contributed by atoms with Crippen LogP contribution in [0.15, 0.2) is 83.4 Å². The number of benzene rings is 3. The summed E-state index contributed by atoms with van der Waals surface area (Å²) in [6.07, 6.45) is 1.59. The molecular formula is C22H16ClNO3S. The number of allylic oxidation sites excluding steroid dienone is 1. The molecule has 0 atom stereocenters. The Balaban J connectivity index is 1.95. The smallest absolute Gasteiger partial charge is 0.268 e. The zero-order valence-electron chi connectivity index (χ0n) is 15.0. The number of ketones is 1. The van der Waals surface area contributed by atoms with Gasteiger partial charge >= 0.3 is 0 Å². The second-order valence-corrected chi connectivity index (χ2v) is 8.74. The van der Waals surface area contributed by atoms with Crippen LogP contribution in [0.3, 0.4) is 0 Å². The number of carbonyl (C=O) groups excluding carboxylic acids is 1.